The molecule has 0 radical (unpaired) electrons. The molecular formula is C10H7O2-. The number of carbonyl (C=O) groups excluding carboxylic acids is 1. The molecule has 2 heteroatoms. The van der Waals surface area contributed by atoms with Crippen molar-refractivity contribution in [1.82, 2.24) is 0 Å². The van der Waals surface area contributed by atoms with Gasteiger partial charge in [-0.3, -0.25) is 0 Å². The summed E-state index contributed by atoms with van der Waals surface area (Å²) in [6.07, 6.45) is 3.47. The van der Waals surface area contributed by atoms with Gasteiger partial charge in [0, 0.05) is 5.92 Å². The fourth-order valence-electron chi connectivity index (χ4n) is 1.45. The predicted octanol–water partition coefficient (Wildman–Crippen LogP) is 0.547. The lowest BCUT2D eigenvalue weighted by molar-refractivity contribution is -0.306. The molecule has 0 amide bonds. The molecule has 0 saturated carbocycles. The third-order valence-electron chi connectivity index (χ3n) is 2.05. The first-order valence-corrected chi connectivity index (χ1v) is 3.77. The molecule has 60 valence electrons. The number of rotatable bonds is 1. The van der Waals surface area contributed by atoms with E-state index in [2.05, 4.69) is 0 Å². The van der Waals surface area contributed by atoms with Crippen LogP contribution in [0.5, 0.6) is 0 Å². The van der Waals surface area contributed by atoms with E-state index in [4.69, 9.17) is 0 Å². The molecular weight excluding hydrogens is 152 g/mol. The minimum absolute atomic E-state index is 0.554. The van der Waals surface area contributed by atoms with E-state index < -0.39 is 11.9 Å². The van der Waals surface area contributed by atoms with Crippen molar-refractivity contribution >= 4 is 12.0 Å². The van der Waals surface area contributed by atoms with Crippen LogP contribution in [0.2, 0.25) is 0 Å². The van der Waals surface area contributed by atoms with Crippen molar-refractivity contribution in [3.8, 4) is 0 Å². The van der Waals surface area contributed by atoms with Crippen molar-refractivity contribution in [3.63, 3.8) is 0 Å². The van der Waals surface area contributed by atoms with E-state index in [1.165, 1.54) is 0 Å². The first kappa shape index (κ1) is 7.10. The van der Waals surface area contributed by atoms with Crippen LogP contribution in [0, 0.1) is 0 Å². The zero-order valence-corrected chi connectivity index (χ0v) is 6.36. The van der Waals surface area contributed by atoms with Gasteiger partial charge in [-0.1, -0.05) is 36.4 Å². The molecule has 0 saturated heterocycles. The molecule has 12 heavy (non-hydrogen) atoms. The van der Waals surface area contributed by atoms with Crippen LogP contribution in [-0.2, 0) is 4.79 Å². The molecule has 0 bridgehead atoms. The van der Waals surface area contributed by atoms with Crippen molar-refractivity contribution in [1.29, 1.82) is 0 Å². The highest BCUT2D eigenvalue weighted by atomic mass is 16.4. The summed E-state index contributed by atoms with van der Waals surface area (Å²) in [6.45, 7) is 0. The van der Waals surface area contributed by atoms with E-state index in [0.29, 0.717) is 0 Å². The van der Waals surface area contributed by atoms with Gasteiger partial charge in [-0.25, -0.2) is 0 Å². The lowest BCUT2D eigenvalue weighted by Crippen LogP contribution is -2.27. The summed E-state index contributed by atoms with van der Waals surface area (Å²) in [4.78, 5) is 10.6. The van der Waals surface area contributed by atoms with Crippen molar-refractivity contribution in [2.24, 2.45) is 0 Å². The summed E-state index contributed by atoms with van der Waals surface area (Å²) >= 11 is 0. The van der Waals surface area contributed by atoms with Gasteiger partial charge in [0.15, 0.2) is 0 Å². The minimum Gasteiger partial charge on any atom is -0.549 e. The molecule has 0 fully saturated rings. The molecule has 0 aromatic heterocycles. The number of carboxylic acid groups (broad SMARTS) is 1. The number of benzene rings is 1. The number of carbonyl (C=O) groups is 1. The van der Waals surface area contributed by atoms with Gasteiger partial charge in [0.2, 0.25) is 0 Å². The summed E-state index contributed by atoms with van der Waals surface area (Å²) in [5.74, 6) is -1.59. The zero-order chi connectivity index (χ0) is 8.55. The molecule has 1 aliphatic rings. The average Bonchev–Trinajstić information content (AvgIpc) is 2.47. The largest absolute Gasteiger partial charge is 0.549 e. The Morgan fingerprint density at radius 2 is 2.08 bits per heavy atom. The minimum atomic E-state index is -1.03. The number of hydrogen-bond acceptors (Lipinski definition) is 2. The number of fused-ring (bicyclic) bond motifs is 1. The van der Waals surface area contributed by atoms with Crippen LogP contribution in [0.15, 0.2) is 30.3 Å². The first-order chi connectivity index (χ1) is 5.79. The Morgan fingerprint density at radius 1 is 1.33 bits per heavy atom. The van der Waals surface area contributed by atoms with Crippen LogP contribution < -0.4 is 5.11 Å². The monoisotopic (exact) mass is 159 g/mol. The second kappa shape index (κ2) is 2.48. The number of carboxylic acids is 1. The lowest BCUT2D eigenvalue weighted by atomic mass is 10.0. The number of aliphatic carboxylic acids is 1. The molecule has 0 unspecified atom stereocenters. The Hall–Kier alpha value is -1.57. The van der Waals surface area contributed by atoms with Crippen LogP contribution in [-0.4, -0.2) is 5.97 Å². The van der Waals surface area contributed by atoms with Gasteiger partial charge in [0.1, 0.15) is 0 Å². The van der Waals surface area contributed by atoms with E-state index in [1.807, 2.05) is 30.3 Å². The summed E-state index contributed by atoms with van der Waals surface area (Å²) in [7, 11) is 0. The van der Waals surface area contributed by atoms with Crippen molar-refractivity contribution in [3.05, 3.63) is 41.5 Å². The molecule has 0 N–H and O–H groups in total. The average molecular weight is 159 g/mol. The highest BCUT2D eigenvalue weighted by molar-refractivity contribution is 5.83. The van der Waals surface area contributed by atoms with Gasteiger partial charge in [0.05, 0.1) is 5.97 Å². The van der Waals surface area contributed by atoms with Crippen LogP contribution in [0.25, 0.3) is 6.08 Å². The molecule has 0 aliphatic heterocycles. The quantitative estimate of drug-likeness (QED) is 0.600. The molecule has 2 rings (SSSR count). The third kappa shape index (κ3) is 0.925. The topological polar surface area (TPSA) is 40.1 Å². The Labute approximate surface area is 70.2 Å². The SMILES string of the molecule is O=C([O-])[C@H]1C=Cc2ccccc21. The lowest BCUT2D eigenvalue weighted by Gasteiger charge is -2.10. The summed E-state index contributed by atoms with van der Waals surface area (Å²) in [5.41, 5.74) is 1.81. The number of hydrogen-bond donors (Lipinski definition) is 0. The smallest absolute Gasteiger partial charge is 0.0527 e. The van der Waals surface area contributed by atoms with Crippen molar-refractivity contribution < 1.29 is 9.90 Å². The zero-order valence-electron chi connectivity index (χ0n) is 6.36. The fraction of sp³-hybridized carbons (Fsp3) is 0.100. The summed E-state index contributed by atoms with van der Waals surface area (Å²) in [5, 5.41) is 10.6. The Morgan fingerprint density at radius 3 is 2.83 bits per heavy atom. The van der Waals surface area contributed by atoms with Crippen LogP contribution >= 0.6 is 0 Å². The molecule has 2 nitrogen and oxygen atoms in total. The highest BCUT2D eigenvalue weighted by Gasteiger charge is 2.16. The summed E-state index contributed by atoms with van der Waals surface area (Å²) in [6, 6.07) is 7.44. The normalized spacial score (nSPS) is 19.2. The van der Waals surface area contributed by atoms with Crippen LogP contribution in [0.3, 0.4) is 0 Å². The van der Waals surface area contributed by atoms with E-state index >= 15 is 0 Å². The third-order valence-corrected chi connectivity index (χ3v) is 2.05. The molecule has 0 spiro atoms. The maximum Gasteiger partial charge on any atom is 0.0527 e. The molecule has 1 atom stereocenters. The molecule has 1 aromatic carbocycles. The second-order valence-electron chi connectivity index (χ2n) is 2.78. The Balaban J connectivity index is 2.49. The van der Waals surface area contributed by atoms with E-state index in [9.17, 15) is 9.90 Å². The van der Waals surface area contributed by atoms with Gasteiger partial charge in [0.25, 0.3) is 0 Å². The molecule has 0 heterocycles. The van der Waals surface area contributed by atoms with Crippen LogP contribution in [0.1, 0.15) is 17.0 Å². The highest BCUT2D eigenvalue weighted by Crippen LogP contribution is 2.28. The van der Waals surface area contributed by atoms with Gasteiger partial charge in [-0.15, -0.1) is 0 Å². The maximum absolute atomic E-state index is 10.6. The van der Waals surface area contributed by atoms with Gasteiger partial charge < -0.3 is 9.90 Å². The summed E-state index contributed by atoms with van der Waals surface area (Å²) < 4.78 is 0. The molecule has 1 aliphatic carbocycles. The van der Waals surface area contributed by atoms with E-state index in [-0.39, 0.29) is 0 Å². The molecule has 1 aromatic rings. The van der Waals surface area contributed by atoms with Crippen LogP contribution in [0.4, 0.5) is 0 Å². The van der Waals surface area contributed by atoms with Gasteiger partial charge in [-0.2, -0.15) is 0 Å². The predicted molar refractivity (Wildman–Crippen MR) is 43.2 cm³/mol. The first-order valence-electron chi connectivity index (χ1n) is 3.77. The van der Waals surface area contributed by atoms with Crippen molar-refractivity contribution in [2.45, 2.75) is 5.92 Å². The Bertz CT molecular complexity index is 353. The standard InChI is InChI=1S/C10H8O2/c11-10(12)9-6-5-7-3-1-2-4-8(7)9/h1-6,9H,(H,11,12)/p-1/t9-/m0/s1. The fourth-order valence-corrected chi connectivity index (χ4v) is 1.45. The van der Waals surface area contributed by atoms with Crippen molar-refractivity contribution in [2.75, 3.05) is 0 Å². The maximum atomic E-state index is 10.6. The second-order valence-corrected chi connectivity index (χ2v) is 2.78. The van der Waals surface area contributed by atoms with Gasteiger partial charge in [-0.05, 0) is 11.1 Å². The van der Waals surface area contributed by atoms with Gasteiger partial charge >= 0.3 is 0 Å². The van der Waals surface area contributed by atoms with E-state index in [0.717, 1.165) is 11.1 Å². The van der Waals surface area contributed by atoms with E-state index in [1.54, 1.807) is 6.08 Å². The Kier molecular flexibility index (Phi) is 1.47.